The van der Waals surface area contributed by atoms with Crippen molar-refractivity contribution in [3.63, 3.8) is 0 Å². The number of hydrogen-bond donors (Lipinski definition) is 0. The fourth-order valence-electron chi connectivity index (χ4n) is 21.4. The van der Waals surface area contributed by atoms with Gasteiger partial charge in [0.2, 0.25) is 56.1 Å². The van der Waals surface area contributed by atoms with Crippen LogP contribution in [0.4, 0.5) is 0 Å². The maximum atomic E-state index is 2.45. The molecule has 10 aromatic carbocycles. The highest BCUT2D eigenvalue weighted by atomic mass is 15.0. The molecule has 20 rings (SSSR count). The summed E-state index contributed by atoms with van der Waals surface area (Å²) in [5.74, 6) is 4.23. The fraction of sp³-hybridized carbons (Fsp3) is 0.342. The van der Waals surface area contributed by atoms with Crippen molar-refractivity contribution < 1.29 is 22.8 Å². The third kappa shape index (κ3) is 18.7. The molecule has 15 aromatic rings. The van der Waals surface area contributed by atoms with Gasteiger partial charge in [-0.05, 0) is 232 Å². The molecule has 0 atom stereocenters. The molecule has 0 bridgehead atoms. The van der Waals surface area contributed by atoms with E-state index in [1.165, 1.54) is 321 Å². The maximum absolute atomic E-state index is 2.45. The van der Waals surface area contributed by atoms with Crippen molar-refractivity contribution in [1.29, 1.82) is 0 Å². The van der Waals surface area contributed by atoms with Gasteiger partial charge in [0.25, 0.3) is 0 Å². The SMILES string of the molecule is Cc1ccccc1-c1c(C2CCCC2)cc2ccccc2[n+]1C.Cc1ccccc1-c1c(CC2CCCC2)cc2ccccc2[n+]1C.Cc1ccccc1-c1cc(CC2CCCC2)c2ccccc2[n+]1C.Cc1ccccc1-c1ccc2cc(CC3CCCC3)ccc2[n+]1C.Cc1ccccc1-c1ccc2ccc(CC3CCCC3)cc2[n+]1C. The van der Waals surface area contributed by atoms with Gasteiger partial charge < -0.3 is 0 Å². The van der Waals surface area contributed by atoms with Crippen molar-refractivity contribution in [2.45, 2.75) is 195 Å². The van der Waals surface area contributed by atoms with E-state index in [1.54, 1.807) is 0 Å². The number of fused-ring (bicyclic) bond motifs is 5. The number of pyridine rings is 5. The zero-order chi connectivity index (χ0) is 81.9. The van der Waals surface area contributed by atoms with Gasteiger partial charge in [-0.3, -0.25) is 0 Å². The van der Waals surface area contributed by atoms with Crippen molar-refractivity contribution >= 4 is 54.5 Å². The first-order chi connectivity index (χ1) is 58.2. The van der Waals surface area contributed by atoms with E-state index in [1.807, 2.05) is 0 Å². The standard InChI is InChI=1S/4C23H26N.C22H24N/c1-17-9-3-7-13-21(17)23-20(15-18-10-4-5-11-18)16-19-12-6-8-14-22(19)24(23)2;1-17-9-3-6-12-20(17)23-16-19(15-18-10-4-5-11-18)21-13-7-8-14-22(21)24(23)2;1-17-7-3-6-10-21(17)23-14-12-20-16-19(11-13-22(20)24(23)2)15-18-8-4-5-9-18;1-17-7-3-6-10-21(17)22-14-13-20-12-11-19(16-23(20)24(22)2)15-18-8-4-5-9-18;1-16-9-3-7-13-19(16)22-20(17-10-4-5-11-17)15-18-12-6-8-14-21(18)23(22)2/h2*3,6-9,12-14,16,18H,4-5,10-11,15H2,1-2H3;2*3,6-7,10-14,16,18H,4-5,8-9,15H2,1-2H3;3,6-9,12-15,17H,4-5,10-11H2,1-2H3/q5*+1. The van der Waals surface area contributed by atoms with E-state index in [4.69, 9.17) is 0 Å². The fourth-order valence-corrected chi connectivity index (χ4v) is 21.4. The van der Waals surface area contributed by atoms with E-state index in [9.17, 15) is 0 Å². The Morgan fingerprint density at radius 2 is 0.580 bits per heavy atom. The van der Waals surface area contributed by atoms with Crippen LogP contribution in [0.2, 0.25) is 0 Å². The lowest BCUT2D eigenvalue weighted by Gasteiger charge is -2.16. The second kappa shape index (κ2) is 38.1. The van der Waals surface area contributed by atoms with E-state index < -0.39 is 0 Å². The highest BCUT2D eigenvalue weighted by Crippen LogP contribution is 2.42. The van der Waals surface area contributed by atoms with Crippen LogP contribution in [0.5, 0.6) is 0 Å². The smallest absolute Gasteiger partial charge is 0.194 e. The summed E-state index contributed by atoms with van der Waals surface area (Å²) in [7, 11) is 11.0. The molecule has 5 aromatic heterocycles. The highest BCUT2D eigenvalue weighted by Gasteiger charge is 2.31. The Morgan fingerprint density at radius 1 is 0.235 bits per heavy atom. The van der Waals surface area contributed by atoms with Gasteiger partial charge in [0.15, 0.2) is 0 Å². The number of aromatic nitrogens is 5. The Balaban J connectivity index is 0.000000111. The first kappa shape index (κ1) is 82.0. The van der Waals surface area contributed by atoms with Crippen LogP contribution >= 0.6 is 0 Å². The monoisotopic (exact) mass is 1570 g/mol. The van der Waals surface area contributed by atoms with Gasteiger partial charge in [-0.2, -0.15) is 22.8 Å². The number of nitrogens with zero attached hydrogens (tertiary/aromatic N) is 5. The molecule has 0 saturated heterocycles. The van der Waals surface area contributed by atoms with Crippen LogP contribution in [0.1, 0.15) is 190 Å². The molecular formula is C114H128N5+5. The minimum absolute atomic E-state index is 0.709. The lowest BCUT2D eigenvalue weighted by molar-refractivity contribution is -0.634. The minimum atomic E-state index is 0.709. The van der Waals surface area contributed by atoms with Gasteiger partial charge in [0.1, 0.15) is 35.2 Å². The normalized spacial score (nSPS) is 15.3. The molecular weight excluding hydrogens is 1440 g/mol. The van der Waals surface area contributed by atoms with Crippen molar-refractivity contribution in [1.82, 2.24) is 0 Å². The van der Waals surface area contributed by atoms with Gasteiger partial charge in [-0.15, -0.1) is 0 Å². The van der Waals surface area contributed by atoms with Crippen molar-refractivity contribution in [3.8, 4) is 56.3 Å². The van der Waals surface area contributed by atoms with Crippen molar-refractivity contribution in [2.75, 3.05) is 0 Å². The molecule has 0 unspecified atom stereocenters. The molecule has 5 aliphatic carbocycles. The summed E-state index contributed by atoms with van der Waals surface area (Å²) in [5.41, 5.74) is 34.3. The molecule has 0 radical (unpaired) electrons. The Labute approximate surface area is 711 Å². The number of aryl methyl sites for hydroxylation is 10. The largest absolute Gasteiger partial charge is 0.216 e. The summed E-state index contributed by atoms with van der Waals surface area (Å²) < 4.78 is 11.9. The zero-order valence-corrected chi connectivity index (χ0v) is 73.1. The predicted octanol–water partition coefficient (Wildman–Crippen LogP) is 26.8. The van der Waals surface area contributed by atoms with Crippen LogP contribution in [0.3, 0.4) is 0 Å². The van der Waals surface area contributed by atoms with E-state index in [-0.39, 0.29) is 0 Å². The van der Waals surface area contributed by atoms with E-state index in [0.717, 1.165) is 23.7 Å². The second-order valence-corrected chi connectivity index (χ2v) is 36.1. The van der Waals surface area contributed by atoms with Crippen LogP contribution in [0.25, 0.3) is 111 Å². The van der Waals surface area contributed by atoms with E-state index >= 15 is 0 Å². The summed E-state index contributed by atoms with van der Waals surface area (Å²) in [6.45, 7) is 11.0. The Hall–Kier alpha value is -10.8. The molecule has 5 aliphatic rings. The van der Waals surface area contributed by atoms with Gasteiger partial charge in [-0.1, -0.05) is 255 Å². The third-order valence-corrected chi connectivity index (χ3v) is 28.1. The topological polar surface area (TPSA) is 19.4 Å². The average molecular weight is 1570 g/mol. The molecule has 604 valence electrons. The molecule has 0 amide bonds. The number of para-hydroxylation sites is 3. The third-order valence-electron chi connectivity index (χ3n) is 28.1. The maximum Gasteiger partial charge on any atom is 0.216 e. The first-order valence-electron chi connectivity index (χ1n) is 45.5. The van der Waals surface area contributed by atoms with Crippen LogP contribution in [-0.4, -0.2) is 0 Å². The molecule has 5 heterocycles. The summed E-state index contributed by atoms with van der Waals surface area (Å²) in [4.78, 5) is 0. The van der Waals surface area contributed by atoms with Crippen molar-refractivity contribution in [2.24, 2.45) is 58.9 Å². The molecule has 0 aliphatic heterocycles. The Morgan fingerprint density at radius 3 is 1.09 bits per heavy atom. The predicted molar refractivity (Wildman–Crippen MR) is 500 cm³/mol. The van der Waals surface area contributed by atoms with Gasteiger partial charge in [0.05, 0.1) is 0 Å². The van der Waals surface area contributed by atoms with Gasteiger partial charge >= 0.3 is 0 Å². The summed E-state index contributed by atoms with van der Waals surface area (Å²) in [5, 5.41) is 6.80. The number of hydrogen-bond acceptors (Lipinski definition) is 0. The summed E-state index contributed by atoms with van der Waals surface area (Å²) >= 11 is 0. The summed E-state index contributed by atoms with van der Waals surface area (Å²) in [6, 6.07) is 100. The lowest BCUT2D eigenvalue weighted by Crippen LogP contribution is -2.34. The quantitative estimate of drug-likeness (QED) is 0.0967. The van der Waals surface area contributed by atoms with Gasteiger partial charge in [-0.25, -0.2) is 0 Å². The molecule has 5 fully saturated rings. The van der Waals surface area contributed by atoms with E-state index in [0.29, 0.717) is 5.92 Å². The minimum Gasteiger partial charge on any atom is -0.194 e. The lowest BCUT2D eigenvalue weighted by atomic mass is 9.90. The molecule has 5 heteroatoms. The number of benzene rings is 10. The number of rotatable bonds is 14. The van der Waals surface area contributed by atoms with Crippen LogP contribution < -0.4 is 22.8 Å². The summed E-state index contributed by atoms with van der Waals surface area (Å²) in [6.07, 6.45) is 32.9. The molecule has 119 heavy (non-hydrogen) atoms. The van der Waals surface area contributed by atoms with Crippen LogP contribution in [-0.2, 0) is 60.9 Å². The van der Waals surface area contributed by atoms with E-state index in [2.05, 4.69) is 366 Å². The Bertz CT molecular complexity index is 6060. The van der Waals surface area contributed by atoms with Crippen molar-refractivity contribution in [3.05, 3.63) is 329 Å². The first-order valence-corrected chi connectivity index (χ1v) is 45.5. The Kier molecular flexibility index (Phi) is 26.2. The molecule has 5 nitrogen and oxygen atoms in total. The molecule has 0 N–H and O–H groups in total. The molecule has 5 saturated carbocycles. The molecule has 0 spiro atoms. The zero-order valence-electron chi connectivity index (χ0n) is 73.1. The highest BCUT2D eigenvalue weighted by molar-refractivity contribution is 5.85. The average Bonchev–Trinajstić information content (AvgIpc) is 1.48. The van der Waals surface area contributed by atoms with Crippen LogP contribution in [0.15, 0.2) is 273 Å². The second-order valence-electron chi connectivity index (χ2n) is 36.1. The van der Waals surface area contributed by atoms with Crippen LogP contribution in [0, 0.1) is 58.3 Å². The van der Waals surface area contributed by atoms with Gasteiger partial charge in [0, 0.05) is 114 Å².